The summed E-state index contributed by atoms with van der Waals surface area (Å²) in [6.45, 7) is 5.45. The summed E-state index contributed by atoms with van der Waals surface area (Å²) in [6, 6.07) is 16.0. The molecule has 0 aromatic heterocycles. The number of aryl methyl sites for hydroxylation is 1. The van der Waals surface area contributed by atoms with Crippen LogP contribution >= 0.6 is 12.2 Å². The van der Waals surface area contributed by atoms with E-state index in [1.165, 1.54) is 11.1 Å². The number of anilines is 1. The summed E-state index contributed by atoms with van der Waals surface area (Å²) in [5, 5.41) is 7.00. The minimum Gasteiger partial charge on any atom is -0.494 e. The van der Waals surface area contributed by atoms with Crippen LogP contribution in [0.1, 0.15) is 18.1 Å². The molecule has 0 aliphatic rings. The van der Waals surface area contributed by atoms with Gasteiger partial charge in [-0.1, -0.05) is 24.3 Å². The lowest BCUT2D eigenvalue weighted by Crippen LogP contribution is -2.28. The molecular formula is C17H20N2OS. The summed E-state index contributed by atoms with van der Waals surface area (Å²) < 4.78 is 5.41. The monoisotopic (exact) mass is 300 g/mol. The van der Waals surface area contributed by atoms with Crippen LogP contribution in [0.2, 0.25) is 0 Å². The van der Waals surface area contributed by atoms with E-state index in [0.29, 0.717) is 11.7 Å². The maximum Gasteiger partial charge on any atom is 0.171 e. The molecule has 0 fully saturated rings. The maximum absolute atomic E-state index is 5.41. The van der Waals surface area contributed by atoms with Crippen molar-refractivity contribution in [3.8, 4) is 5.75 Å². The Morgan fingerprint density at radius 1 is 1.10 bits per heavy atom. The van der Waals surface area contributed by atoms with Gasteiger partial charge in [0.2, 0.25) is 0 Å². The second-order valence-corrected chi connectivity index (χ2v) is 5.10. The first-order valence-electron chi connectivity index (χ1n) is 7.01. The second-order valence-electron chi connectivity index (χ2n) is 4.69. The first-order valence-corrected chi connectivity index (χ1v) is 7.42. The molecule has 0 heterocycles. The minimum absolute atomic E-state index is 0.613. The molecule has 4 heteroatoms. The topological polar surface area (TPSA) is 33.3 Å². The van der Waals surface area contributed by atoms with E-state index < -0.39 is 0 Å². The summed E-state index contributed by atoms with van der Waals surface area (Å²) in [5.41, 5.74) is 3.45. The Labute approximate surface area is 131 Å². The van der Waals surface area contributed by atoms with Crippen molar-refractivity contribution in [3.05, 3.63) is 59.7 Å². The molecule has 2 rings (SSSR count). The Hall–Kier alpha value is -2.07. The van der Waals surface area contributed by atoms with Crippen LogP contribution in [-0.4, -0.2) is 11.7 Å². The van der Waals surface area contributed by atoms with E-state index in [0.717, 1.165) is 18.0 Å². The molecular weight excluding hydrogens is 280 g/mol. The highest BCUT2D eigenvalue weighted by Gasteiger charge is 2.00. The van der Waals surface area contributed by atoms with Gasteiger partial charge in [-0.05, 0) is 61.5 Å². The van der Waals surface area contributed by atoms with E-state index in [4.69, 9.17) is 17.0 Å². The lowest BCUT2D eigenvalue weighted by molar-refractivity contribution is 0.340. The summed E-state index contributed by atoms with van der Waals surface area (Å²) in [7, 11) is 0. The van der Waals surface area contributed by atoms with Crippen molar-refractivity contribution in [3.63, 3.8) is 0 Å². The summed E-state index contributed by atoms with van der Waals surface area (Å²) in [4.78, 5) is 0. The van der Waals surface area contributed by atoms with Crippen molar-refractivity contribution < 1.29 is 4.74 Å². The van der Waals surface area contributed by atoms with Crippen molar-refractivity contribution in [2.75, 3.05) is 11.9 Å². The van der Waals surface area contributed by atoms with Crippen LogP contribution in [-0.2, 0) is 6.54 Å². The zero-order valence-electron chi connectivity index (χ0n) is 12.3. The van der Waals surface area contributed by atoms with Gasteiger partial charge in [0.25, 0.3) is 0 Å². The summed E-state index contributed by atoms with van der Waals surface area (Å²) >= 11 is 5.31. The maximum atomic E-state index is 5.41. The molecule has 110 valence electrons. The molecule has 0 atom stereocenters. The third kappa shape index (κ3) is 4.76. The van der Waals surface area contributed by atoms with Crippen molar-refractivity contribution >= 4 is 23.0 Å². The molecule has 21 heavy (non-hydrogen) atoms. The van der Waals surface area contributed by atoms with Gasteiger partial charge in [0.1, 0.15) is 5.75 Å². The van der Waals surface area contributed by atoms with Crippen molar-refractivity contribution in [2.45, 2.75) is 20.4 Å². The van der Waals surface area contributed by atoms with Crippen molar-refractivity contribution in [1.82, 2.24) is 5.32 Å². The zero-order chi connectivity index (χ0) is 15.1. The molecule has 0 saturated heterocycles. The molecule has 0 aliphatic carbocycles. The first kappa shape index (κ1) is 15.3. The molecule has 2 aromatic carbocycles. The van der Waals surface area contributed by atoms with E-state index in [9.17, 15) is 0 Å². The highest BCUT2D eigenvalue weighted by atomic mass is 32.1. The van der Waals surface area contributed by atoms with E-state index in [1.54, 1.807) is 0 Å². The fourth-order valence-corrected chi connectivity index (χ4v) is 2.15. The summed E-state index contributed by atoms with van der Waals surface area (Å²) in [6.07, 6.45) is 0. The molecule has 2 N–H and O–H groups in total. The van der Waals surface area contributed by atoms with Crippen LogP contribution in [0.5, 0.6) is 5.75 Å². The van der Waals surface area contributed by atoms with E-state index in [-0.39, 0.29) is 0 Å². The molecule has 0 saturated carbocycles. The Kier molecular flexibility index (Phi) is 5.58. The fraction of sp³-hybridized carbons (Fsp3) is 0.235. The Morgan fingerprint density at radius 3 is 2.48 bits per heavy atom. The molecule has 0 amide bonds. The number of hydrogen-bond donors (Lipinski definition) is 2. The molecule has 0 spiro atoms. The van der Waals surface area contributed by atoms with Gasteiger partial charge < -0.3 is 15.4 Å². The molecule has 3 nitrogen and oxygen atoms in total. The smallest absolute Gasteiger partial charge is 0.171 e. The normalized spacial score (nSPS) is 10.0. The van der Waals surface area contributed by atoms with Gasteiger partial charge >= 0.3 is 0 Å². The van der Waals surface area contributed by atoms with Crippen LogP contribution in [0.4, 0.5) is 5.69 Å². The Bertz CT molecular complexity index is 596. The average Bonchev–Trinajstić information content (AvgIpc) is 2.49. The quantitative estimate of drug-likeness (QED) is 0.821. The van der Waals surface area contributed by atoms with E-state index in [2.05, 4.69) is 29.7 Å². The largest absolute Gasteiger partial charge is 0.494 e. The van der Waals surface area contributed by atoms with Crippen molar-refractivity contribution in [1.29, 1.82) is 0 Å². The van der Waals surface area contributed by atoms with Gasteiger partial charge in [0.15, 0.2) is 5.11 Å². The van der Waals surface area contributed by atoms with Crippen LogP contribution in [0.25, 0.3) is 0 Å². The zero-order valence-corrected chi connectivity index (χ0v) is 13.2. The van der Waals surface area contributed by atoms with Gasteiger partial charge in [-0.25, -0.2) is 0 Å². The van der Waals surface area contributed by atoms with Crippen LogP contribution in [0, 0.1) is 6.92 Å². The predicted molar refractivity (Wildman–Crippen MR) is 91.9 cm³/mol. The van der Waals surface area contributed by atoms with E-state index in [1.807, 2.05) is 43.3 Å². The number of benzene rings is 2. The number of ether oxygens (including phenoxy) is 1. The summed E-state index contributed by atoms with van der Waals surface area (Å²) in [5.74, 6) is 0.863. The molecule has 0 bridgehead atoms. The SMILES string of the molecule is CCOc1ccc(NC(=S)NCc2ccccc2C)cc1. The van der Waals surface area contributed by atoms with Gasteiger partial charge in [-0.3, -0.25) is 0 Å². The van der Waals surface area contributed by atoms with Gasteiger partial charge in [-0.15, -0.1) is 0 Å². The second kappa shape index (κ2) is 7.64. The standard InChI is InChI=1S/C17H20N2OS/c1-3-20-16-10-8-15(9-11-16)19-17(21)18-12-14-7-5-4-6-13(14)2/h4-11H,3,12H2,1-2H3,(H2,18,19,21). The lowest BCUT2D eigenvalue weighted by atomic mass is 10.1. The van der Waals surface area contributed by atoms with Crippen LogP contribution < -0.4 is 15.4 Å². The number of nitrogens with one attached hydrogen (secondary N) is 2. The molecule has 0 radical (unpaired) electrons. The predicted octanol–water partition coefficient (Wildman–Crippen LogP) is 3.88. The lowest BCUT2D eigenvalue weighted by Gasteiger charge is -2.12. The van der Waals surface area contributed by atoms with Crippen LogP contribution in [0.15, 0.2) is 48.5 Å². The third-order valence-electron chi connectivity index (χ3n) is 3.12. The van der Waals surface area contributed by atoms with Crippen LogP contribution in [0.3, 0.4) is 0 Å². The highest BCUT2D eigenvalue weighted by molar-refractivity contribution is 7.80. The van der Waals surface area contributed by atoms with E-state index >= 15 is 0 Å². The van der Waals surface area contributed by atoms with Gasteiger partial charge in [0.05, 0.1) is 6.61 Å². The Morgan fingerprint density at radius 2 is 1.81 bits per heavy atom. The van der Waals surface area contributed by atoms with Crippen molar-refractivity contribution in [2.24, 2.45) is 0 Å². The third-order valence-corrected chi connectivity index (χ3v) is 3.37. The molecule has 0 unspecified atom stereocenters. The number of rotatable bonds is 5. The number of hydrogen-bond acceptors (Lipinski definition) is 2. The Balaban J connectivity index is 1.85. The fourth-order valence-electron chi connectivity index (χ4n) is 1.96. The highest BCUT2D eigenvalue weighted by Crippen LogP contribution is 2.15. The average molecular weight is 300 g/mol. The minimum atomic E-state index is 0.613. The van der Waals surface area contributed by atoms with Gasteiger partial charge in [0, 0.05) is 12.2 Å². The first-order chi connectivity index (χ1) is 10.2. The van der Waals surface area contributed by atoms with Gasteiger partial charge in [-0.2, -0.15) is 0 Å². The molecule has 2 aromatic rings. The number of thiocarbonyl (C=S) groups is 1. The molecule has 0 aliphatic heterocycles.